The van der Waals surface area contributed by atoms with E-state index in [-0.39, 0.29) is 6.17 Å². The summed E-state index contributed by atoms with van der Waals surface area (Å²) in [6.45, 7) is 0. The van der Waals surface area contributed by atoms with Gasteiger partial charge in [0.25, 0.3) is 0 Å². The molecule has 10 rings (SSSR count). The Labute approximate surface area is 313 Å². The van der Waals surface area contributed by atoms with Crippen LogP contribution in [0.3, 0.4) is 0 Å². The van der Waals surface area contributed by atoms with Crippen LogP contribution in [0.15, 0.2) is 209 Å². The molecule has 5 nitrogen and oxygen atoms in total. The first-order chi connectivity index (χ1) is 26.8. The Bertz CT molecular complexity index is 2840. The minimum Gasteiger partial charge on any atom is -0.456 e. The molecule has 5 heteroatoms. The number of benzene rings is 8. The SMILES string of the molecule is c1ccc(C2=NC(c3cc(-c4ccc(N(c5ccccc5)c5cccc6ccccc56)cc4)cc4oc5ccccc5c34)=NC(c3ccccc3)N2)cc1. The molecule has 0 amide bonds. The average molecular weight is 695 g/mol. The number of hydrogen-bond donors (Lipinski definition) is 1. The molecule has 0 saturated carbocycles. The number of hydrogen-bond acceptors (Lipinski definition) is 5. The molecular formula is C49H34N4O. The van der Waals surface area contributed by atoms with E-state index in [1.54, 1.807) is 0 Å². The van der Waals surface area contributed by atoms with E-state index >= 15 is 0 Å². The summed E-state index contributed by atoms with van der Waals surface area (Å²) in [7, 11) is 0. The second kappa shape index (κ2) is 13.4. The van der Waals surface area contributed by atoms with E-state index in [0.29, 0.717) is 5.84 Å². The lowest BCUT2D eigenvalue weighted by Crippen LogP contribution is -2.33. The molecule has 8 aromatic carbocycles. The molecule has 0 radical (unpaired) electrons. The molecule has 1 atom stereocenters. The minimum absolute atomic E-state index is 0.317. The maximum absolute atomic E-state index is 6.56. The van der Waals surface area contributed by atoms with Crippen LogP contribution in [0.2, 0.25) is 0 Å². The molecule has 0 aliphatic carbocycles. The van der Waals surface area contributed by atoms with Crippen LogP contribution in [-0.4, -0.2) is 11.7 Å². The summed E-state index contributed by atoms with van der Waals surface area (Å²) in [5, 5.41) is 8.03. The Hall–Kier alpha value is -7.24. The fraction of sp³-hybridized carbons (Fsp3) is 0.0204. The normalized spacial score (nSPS) is 14.1. The van der Waals surface area contributed by atoms with Crippen molar-refractivity contribution in [1.29, 1.82) is 0 Å². The van der Waals surface area contributed by atoms with E-state index in [1.807, 2.05) is 48.5 Å². The standard InChI is InChI=1S/C49H34N4O/c1-4-16-35(17-5-1)47-50-48(36-18-6-2-7-19-36)52-49(51-47)42-31-37(32-45-46(42)41-24-12-13-26-44(41)54-45)33-27-29-39(30-28-33)53(38-21-8-3-9-22-38)43-25-14-20-34-15-10-11-23-40(34)43/h1-32,47H,(H,50,51,52). The number of nitrogens with zero attached hydrogens (tertiary/aromatic N) is 3. The largest absolute Gasteiger partial charge is 0.456 e. The van der Waals surface area contributed by atoms with Gasteiger partial charge < -0.3 is 14.6 Å². The van der Waals surface area contributed by atoms with Crippen molar-refractivity contribution in [3.05, 3.63) is 211 Å². The van der Waals surface area contributed by atoms with Gasteiger partial charge in [-0.05, 0) is 70.6 Å². The highest BCUT2D eigenvalue weighted by Gasteiger charge is 2.24. The Morgan fingerprint density at radius 1 is 0.500 bits per heavy atom. The lowest BCUT2D eigenvalue weighted by atomic mass is 9.97. The Morgan fingerprint density at radius 2 is 1.15 bits per heavy atom. The van der Waals surface area contributed by atoms with Gasteiger partial charge in [-0.15, -0.1) is 0 Å². The molecule has 54 heavy (non-hydrogen) atoms. The van der Waals surface area contributed by atoms with E-state index in [1.165, 1.54) is 10.8 Å². The highest BCUT2D eigenvalue weighted by atomic mass is 16.3. The third kappa shape index (κ3) is 5.69. The molecule has 1 aliphatic heterocycles. The quantitative estimate of drug-likeness (QED) is 0.181. The van der Waals surface area contributed by atoms with Gasteiger partial charge in [-0.3, -0.25) is 0 Å². The smallest absolute Gasteiger partial charge is 0.160 e. The van der Waals surface area contributed by atoms with Gasteiger partial charge in [0.1, 0.15) is 23.2 Å². The monoisotopic (exact) mass is 694 g/mol. The van der Waals surface area contributed by atoms with Crippen LogP contribution >= 0.6 is 0 Å². The third-order valence-electron chi connectivity index (χ3n) is 10.1. The van der Waals surface area contributed by atoms with Crippen LogP contribution in [0.4, 0.5) is 17.1 Å². The maximum Gasteiger partial charge on any atom is 0.160 e. The Balaban J connectivity index is 1.13. The first-order valence-corrected chi connectivity index (χ1v) is 18.2. The molecule has 2 heterocycles. The first kappa shape index (κ1) is 31.5. The van der Waals surface area contributed by atoms with Crippen LogP contribution in [0, 0.1) is 0 Å². The topological polar surface area (TPSA) is 53.1 Å². The summed E-state index contributed by atoms with van der Waals surface area (Å²) in [6, 6.07) is 67.5. The van der Waals surface area contributed by atoms with E-state index in [9.17, 15) is 0 Å². The van der Waals surface area contributed by atoms with Gasteiger partial charge in [0.15, 0.2) is 5.84 Å². The summed E-state index contributed by atoms with van der Waals surface area (Å²) in [6.07, 6.45) is -0.317. The summed E-state index contributed by atoms with van der Waals surface area (Å²) < 4.78 is 6.56. The number of fused-ring (bicyclic) bond motifs is 4. The number of aliphatic imine (C=N–C) groups is 2. The summed E-state index contributed by atoms with van der Waals surface area (Å²) in [4.78, 5) is 12.8. The highest BCUT2D eigenvalue weighted by molar-refractivity contribution is 6.22. The van der Waals surface area contributed by atoms with Crippen molar-refractivity contribution in [3.63, 3.8) is 0 Å². The number of anilines is 3. The molecule has 1 aromatic heterocycles. The Morgan fingerprint density at radius 3 is 1.94 bits per heavy atom. The van der Waals surface area contributed by atoms with Crippen molar-refractivity contribution in [2.75, 3.05) is 4.90 Å². The van der Waals surface area contributed by atoms with Gasteiger partial charge in [-0.25, -0.2) is 9.98 Å². The zero-order chi connectivity index (χ0) is 35.8. The van der Waals surface area contributed by atoms with Crippen LogP contribution in [0.25, 0.3) is 43.8 Å². The Kier molecular flexibility index (Phi) is 7.81. The fourth-order valence-corrected chi connectivity index (χ4v) is 7.53. The molecule has 0 saturated heterocycles. The number of furan rings is 1. The number of para-hydroxylation sites is 2. The van der Waals surface area contributed by atoms with Crippen molar-refractivity contribution >= 4 is 61.4 Å². The van der Waals surface area contributed by atoms with Crippen LogP contribution in [0.1, 0.15) is 22.9 Å². The van der Waals surface area contributed by atoms with E-state index in [2.05, 4.69) is 156 Å². The third-order valence-corrected chi connectivity index (χ3v) is 10.1. The lowest BCUT2D eigenvalue weighted by molar-refractivity contribution is 0.668. The molecule has 1 aliphatic rings. The van der Waals surface area contributed by atoms with Crippen molar-refractivity contribution in [1.82, 2.24) is 5.32 Å². The first-order valence-electron chi connectivity index (χ1n) is 18.2. The van der Waals surface area contributed by atoms with Gasteiger partial charge in [0.2, 0.25) is 0 Å². The lowest BCUT2D eigenvalue weighted by Gasteiger charge is -2.27. The maximum atomic E-state index is 6.56. The summed E-state index contributed by atoms with van der Waals surface area (Å²) >= 11 is 0. The molecule has 1 unspecified atom stereocenters. The van der Waals surface area contributed by atoms with Crippen LogP contribution in [-0.2, 0) is 0 Å². The van der Waals surface area contributed by atoms with Gasteiger partial charge in [-0.1, -0.05) is 146 Å². The van der Waals surface area contributed by atoms with Crippen molar-refractivity contribution in [2.45, 2.75) is 6.17 Å². The van der Waals surface area contributed by atoms with Crippen molar-refractivity contribution in [3.8, 4) is 11.1 Å². The highest BCUT2D eigenvalue weighted by Crippen LogP contribution is 2.41. The molecular weight excluding hydrogens is 661 g/mol. The number of amidine groups is 2. The molecule has 0 fully saturated rings. The van der Waals surface area contributed by atoms with Gasteiger partial charge in [-0.2, -0.15) is 0 Å². The zero-order valence-corrected chi connectivity index (χ0v) is 29.3. The van der Waals surface area contributed by atoms with E-state index < -0.39 is 0 Å². The van der Waals surface area contributed by atoms with Crippen molar-refractivity contribution in [2.24, 2.45) is 9.98 Å². The predicted molar refractivity (Wildman–Crippen MR) is 223 cm³/mol. The molecule has 0 bridgehead atoms. The summed E-state index contributed by atoms with van der Waals surface area (Å²) in [5.41, 5.74) is 9.99. The molecule has 256 valence electrons. The molecule has 9 aromatic rings. The minimum atomic E-state index is -0.317. The average Bonchev–Trinajstić information content (AvgIpc) is 3.63. The van der Waals surface area contributed by atoms with Crippen LogP contribution in [0.5, 0.6) is 0 Å². The van der Waals surface area contributed by atoms with E-state index in [4.69, 9.17) is 14.4 Å². The zero-order valence-electron chi connectivity index (χ0n) is 29.3. The summed E-state index contributed by atoms with van der Waals surface area (Å²) in [5.74, 6) is 1.43. The predicted octanol–water partition coefficient (Wildman–Crippen LogP) is 12.4. The van der Waals surface area contributed by atoms with Gasteiger partial charge in [0.05, 0.1) is 5.69 Å². The van der Waals surface area contributed by atoms with Crippen molar-refractivity contribution < 1.29 is 4.42 Å². The number of rotatable bonds is 7. The van der Waals surface area contributed by atoms with Gasteiger partial charge >= 0.3 is 0 Å². The van der Waals surface area contributed by atoms with E-state index in [0.717, 1.165) is 72.7 Å². The second-order valence-electron chi connectivity index (χ2n) is 13.4. The molecule has 0 spiro atoms. The number of nitrogens with one attached hydrogen (secondary N) is 1. The van der Waals surface area contributed by atoms with Gasteiger partial charge in [0, 0.05) is 38.7 Å². The molecule has 1 N–H and O–H groups in total. The second-order valence-corrected chi connectivity index (χ2v) is 13.4. The van der Waals surface area contributed by atoms with Crippen LogP contribution < -0.4 is 10.2 Å². The fourth-order valence-electron chi connectivity index (χ4n) is 7.53.